The summed E-state index contributed by atoms with van der Waals surface area (Å²) in [6.45, 7) is 0.129. The van der Waals surface area contributed by atoms with Gasteiger partial charge in [-0.05, 0) is 23.8 Å². The van der Waals surface area contributed by atoms with Crippen molar-refractivity contribution >= 4 is 0 Å². The Balaban J connectivity index is 2.40. The molecule has 118 valence electrons. The maximum absolute atomic E-state index is 13.8. The highest BCUT2D eigenvalue weighted by molar-refractivity contribution is 5.67. The second kappa shape index (κ2) is 6.65. The maximum Gasteiger partial charge on any atom is 0.573 e. The average molecular weight is 315 g/mol. The van der Waals surface area contributed by atoms with Crippen molar-refractivity contribution in [3.05, 3.63) is 48.3 Å². The van der Waals surface area contributed by atoms with E-state index in [9.17, 15) is 17.6 Å². The van der Waals surface area contributed by atoms with Crippen molar-refractivity contribution in [2.24, 2.45) is 5.73 Å². The molecule has 0 unspecified atom stereocenters. The van der Waals surface area contributed by atoms with Gasteiger partial charge < -0.3 is 15.2 Å². The molecule has 0 atom stereocenters. The summed E-state index contributed by atoms with van der Waals surface area (Å²) in [6.07, 6.45) is -4.85. The summed E-state index contributed by atoms with van der Waals surface area (Å²) in [5.41, 5.74) is 5.90. The van der Waals surface area contributed by atoms with E-state index in [4.69, 9.17) is 10.5 Å². The van der Waals surface area contributed by atoms with Gasteiger partial charge in [0.05, 0.1) is 0 Å². The van der Waals surface area contributed by atoms with Gasteiger partial charge >= 0.3 is 6.36 Å². The number of alkyl halides is 3. The number of ether oxygens (including phenoxy) is 2. The fourth-order valence-electron chi connectivity index (χ4n) is 1.86. The lowest BCUT2D eigenvalue weighted by atomic mass is 10.0. The first-order valence-corrected chi connectivity index (χ1v) is 6.38. The summed E-state index contributed by atoms with van der Waals surface area (Å²) < 4.78 is 59.9. The molecule has 0 bridgehead atoms. The Hall–Kier alpha value is -2.28. The number of hydrogen-bond acceptors (Lipinski definition) is 3. The van der Waals surface area contributed by atoms with E-state index in [0.717, 1.165) is 6.07 Å². The average Bonchev–Trinajstić information content (AvgIpc) is 2.45. The van der Waals surface area contributed by atoms with Crippen molar-refractivity contribution in [3.8, 4) is 22.6 Å². The van der Waals surface area contributed by atoms with Crippen molar-refractivity contribution in [2.75, 3.05) is 13.2 Å². The second-order valence-corrected chi connectivity index (χ2v) is 4.33. The van der Waals surface area contributed by atoms with E-state index < -0.39 is 17.9 Å². The van der Waals surface area contributed by atoms with Crippen molar-refractivity contribution in [1.29, 1.82) is 0 Å². The number of benzene rings is 2. The van der Waals surface area contributed by atoms with Crippen LogP contribution in [0.15, 0.2) is 42.5 Å². The van der Waals surface area contributed by atoms with Gasteiger partial charge in [-0.15, -0.1) is 13.2 Å². The van der Waals surface area contributed by atoms with Crippen LogP contribution < -0.4 is 15.2 Å². The minimum atomic E-state index is -4.85. The van der Waals surface area contributed by atoms with Crippen LogP contribution in [-0.4, -0.2) is 19.5 Å². The van der Waals surface area contributed by atoms with E-state index in [1.54, 1.807) is 6.07 Å². The van der Waals surface area contributed by atoms with Crippen LogP contribution in [0.1, 0.15) is 0 Å². The van der Waals surface area contributed by atoms with Crippen molar-refractivity contribution in [2.45, 2.75) is 6.36 Å². The third-order valence-electron chi connectivity index (χ3n) is 2.73. The molecule has 0 fully saturated rings. The minimum Gasteiger partial charge on any atom is -0.488 e. The van der Waals surface area contributed by atoms with E-state index in [1.807, 2.05) is 0 Å². The monoisotopic (exact) mass is 315 g/mol. The van der Waals surface area contributed by atoms with Gasteiger partial charge in [-0.3, -0.25) is 0 Å². The normalized spacial score (nSPS) is 11.3. The van der Waals surface area contributed by atoms with Crippen molar-refractivity contribution in [1.82, 2.24) is 0 Å². The highest BCUT2D eigenvalue weighted by Crippen LogP contribution is 2.36. The molecule has 0 heterocycles. The smallest absolute Gasteiger partial charge is 0.488 e. The Morgan fingerprint density at radius 3 is 2.36 bits per heavy atom. The summed E-state index contributed by atoms with van der Waals surface area (Å²) in [7, 11) is 0. The zero-order valence-electron chi connectivity index (χ0n) is 11.4. The largest absolute Gasteiger partial charge is 0.573 e. The number of rotatable bonds is 5. The van der Waals surface area contributed by atoms with E-state index in [-0.39, 0.29) is 24.5 Å². The fraction of sp³-hybridized carbons (Fsp3) is 0.200. The Labute approximate surface area is 124 Å². The van der Waals surface area contributed by atoms with E-state index in [1.165, 1.54) is 30.3 Å². The van der Waals surface area contributed by atoms with Gasteiger partial charge in [-0.1, -0.05) is 24.3 Å². The zero-order chi connectivity index (χ0) is 16.2. The third kappa shape index (κ3) is 4.11. The van der Waals surface area contributed by atoms with Gasteiger partial charge in [0.1, 0.15) is 12.4 Å². The first kappa shape index (κ1) is 16.1. The molecule has 0 saturated heterocycles. The molecule has 22 heavy (non-hydrogen) atoms. The lowest BCUT2D eigenvalue weighted by Crippen LogP contribution is -2.18. The summed E-state index contributed by atoms with van der Waals surface area (Å²) in [5.74, 6) is -1.14. The van der Waals surface area contributed by atoms with Crippen LogP contribution in [0.4, 0.5) is 17.6 Å². The molecule has 2 aromatic rings. The standard InChI is InChI=1S/C15H13F4NO2/c16-12-4-2-1-3-11(12)10-5-6-13(22-15(17,18)19)14(9-10)21-8-7-20/h1-6,9H,7-8,20H2. The molecule has 2 aromatic carbocycles. The Bertz CT molecular complexity index is 644. The number of hydrogen-bond donors (Lipinski definition) is 1. The van der Waals surface area contributed by atoms with Gasteiger partial charge in [-0.2, -0.15) is 0 Å². The van der Waals surface area contributed by atoms with Crippen LogP contribution in [0.2, 0.25) is 0 Å². The molecule has 0 radical (unpaired) electrons. The Morgan fingerprint density at radius 1 is 1.00 bits per heavy atom. The van der Waals surface area contributed by atoms with Gasteiger partial charge in [0.25, 0.3) is 0 Å². The van der Waals surface area contributed by atoms with Crippen molar-refractivity contribution < 1.29 is 27.0 Å². The Kier molecular flexibility index (Phi) is 4.87. The van der Waals surface area contributed by atoms with Crippen molar-refractivity contribution in [3.63, 3.8) is 0 Å². The van der Waals surface area contributed by atoms with Gasteiger partial charge in [0, 0.05) is 12.1 Å². The summed E-state index contributed by atoms with van der Waals surface area (Å²) >= 11 is 0. The quantitative estimate of drug-likeness (QED) is 0.855. The molecule has 0 aliphatic carbocycles. The summed E-state index contributed by atoms with van der Waals surface area (Å²) in [5, 5.41) is 0. The molecule has 2 rings (SSSR count). The molecule has 7 heteroatoms. The molecule has 0 aliphatic heterocycles. The molecule has 0 aromatic heterocycles. The van der Waals surface area contributed by atoms with E-state index in [0.29, 0.717) is 5.56 Å². The van der Waals surface area contributed by atoms with E-state index >= 15 is 0 Å². The topological polar surface area (TPSA) is 44.5 Å². The number of halogens is 4. The lowest BCUT2D eigenvalue weighted by Gasteiger charge is -2.15. The first-order chi connectivity index (χ1) is 10.4. The second-order valence-electron chi connectivity index (χ2n) is 4.33. The predicted molar refractivity (Wildman–Crippen MR) is 73.1 cm³/mol. The molecule has 0 spiro atoms. The SMILES string of the molecule is NCCOc1cc(-c2ccccc2F)ccc1OC(F)(F)F. The third-order valence-corrected chi connectivity index (χ3v) is 2.73. The van der Waals surface area contributed by atoms with Crippen LogP contribution >= 0.6 is 0 Å². The molecule has 0 saturated carbocycles. The predicted octanol–water partition coefficient (Wildman–Crippen LogP) is 3.73. The number of nitrogens with two attached hydrogens (primary N) is 1. The lowest BCUT2D eigenvalue weighted by molar-refractivity contribution is -0.275. The van der Waals surface area contributed by atoms with Crippen LogP contribution in [0, 0.1) is 5.82 Å². The van der Waals surface area contributed by atoms with Gasteiger partial charge in [-0.25, -0.2) is 4.39 Å². The van der Waals surface area contributed by atoms with Crippen LogP contribution in [0.5, 0.6) is 11.5 Å². The summed E-state index contributed by atoms with van der Waals surface area (Å²) in [6, 6.07) is 9.62. The zero-order valence-corrected chi connectivity index (χ0v) is 11.4. The minimum absolute atomic E-state index is 0.00887. The maximum atomic E-state index is 13.8. The summed E-state index contributed by atoms with van der Waals surface area (Å²) in [4.78, 5) is 0. The molecular weight excluding hydrogens is 302 g/mol. The molecule has 0 amide bonds. The molecule has 3 nitrogen and oxygen atoms in total. The fourth-order valence-corrected chi connectivity index (χ4v) is 1.86. The van der Waals surface area contributed by atoms with Gasteiger partial charge in [0.15, 0.2) is 11.5 Å². The van der Waals surface area contributed by atoms with Gasteiger partial charge in [0.2, 0.25) is 0 Å². The Morgan fingerprint density at radius 2 is 1.73 bits per heavy atom. The highest BCUT2D eigenvalue weighted by atomic mass is 19.4. The highest BCUT2D eigenvalue weighted by Gasteiger charge is 2.32. The van der Waals surface area contributed by atoms with E-state index in [2.05, 4.69) is 4.74 Å². The van der Waals surface area contributed by atoms with Crippen LogP contribution in [0.25, 0.3) is 11.1 Å². The first-order valence-electron chi connectivity index (χ1n) is 6.38. The van der Waals surface area contributed by atoms with Crippen LogP contribution in [-0.2, 0) is 0 Å². The van der Waals surface area contributed by atoms with Crippen LogP contribution in [0.3, 0.4) is 0 Å². The molecule has 0 aliphatic rings. The molecule has 2 N–H and O–H groups in total. The molecular formula is C15H13F4NO2.